The van der Waals surface area contributed by atoms with Gasteiger partial charge in [0, 0.05) is 5.92 Å². The molecule has 0 bridgehead atoms. The molecular formula is C10H10BrClO2S. The monoisotopic (exact) mass is 308 g/mol. The van der Waals surface area contributed by atoms with Crippen LogP contribution >= 0.6 is 38.9 Å². The van der Waals surface area contributed by atoms with Crippen molar-refractivity contribution in [3.8, 4) is 0 Å². The SMILES string of the molecule is CC1CC(C(=O)c2cc(Cl)c(Br)s2)CO1. The highest BCUT2D eigenvalue weighted by Gasteiger charge is 2.30. The lowest BCUT2D eigenvalue weighted by atomic mass is 10.0. The molecule has 0 N–H and O–H groups in total. The number of halogens is 2. The van der Waals surface area contributed by atoms with Crippen LogP contribution in [0.3, 0.4) is 0 Å². The number of Topliss-reactive ketones (excluding diaryl/α,β-unsaturated/α-hetero) is 1. The quantitative estimate of drug-likeness (QED) is 0.777. The minimum absolute atomic E-state index is 0.00150. The second-order valence-electron chi connectivity index (χ2n) is 3.67. The van der Waals surface area contributed by atoms with Crippen molar-refractivity contribution in [3.05, 3.63) is 19.8 Å². The summed E-state index contributed by atoms with van der Waals surface area (Å²) in [5.74, 6) is 0.151. The van der Waals surface area contributed by atoms with E-state index in [1.54, 1.807) is 6.07 Å². The Labute approximate surface area is 106 Å². The minimum Gasteiger partial charge on any atom is -0.378 e. The van der Waals surface area contributed by atoms with Crippen LogP contribution in [0.5, 0.6) is 0 Å². The number of thiophene rings is 1. The average Bonchev–Trinajstić information content (AvgIpc) is 2.74. The lowest BCUT2D eigenvalue weighted by Gasteiger charge is -2.03. The first-order valence-electron chi connectivity index (χ1n) is 4.68. The van der Waals surface area contributed by atoms with E-state index in [0.29, 0.717) is 11.6 Å². The molecule has 15 heavy (non-hydrogen) atoms. The molecule has 1 aromatic rings. The topological polar surface area (TPSA) is 26.3 Å². The van der Waals surface area contributed by atoms with E-state index in [1.165, 1.54) is 11.3 Å². The van der Waals surface area contributed by atoms with Gasteiger partial charge in [-0.1, -0.05) is 11.6 Å². The predicted octanol–water partition coefficient (Wildman–Crippen LogP) is 3.77. The number of carbonyl (C=O) groups is 1. The molecule has 1 aliphatic rings. The molecule has 0 aromatic carbocycles. The highest BCUT2D eigenvalue weighted by molar-refractivity contribution is 9.11. The van der Waals surface area contributed by atoms with Gasteiger partial charge in [0.15, 0.2) is 5.78 Å². The second kappa shape index (κ2) is 4.53. The summed E-state index contributed by atoms with van der Waals surface area (Å²) in [7, 11) is 0. The Hall–Kier alpha value is 0.1000. The van der Waals surface area contributed by atoms with Gasteiger partial charge in [-0.3, -0.25) is 4.79 Å². The molecule has 1 fully saturated rings. The Balaban J connectivity index is 2.14. The lowest BCUT2D eigenvalue weighted by Crippen LogP contribution is -2.13. The van der Waals surface area contributed by atoms with Crippen molar-refractivity contribution in [2.75, 3.05) is 6.61 Å². The van der Waals surface area contributed by atoms with Crippen LogP contribution in [-0.4, -0.2) is 18.5 Å². The largest absolute Gasteiger partial charge is 0.378 e. The van der Waals surface area contributed by atoms with Gasteiger partial charge in [0.05, 0.1) is 26.4 Å². The highest BCUT2D eigenvalue weighted by Crippen LogP contribution is 2.34. The molecule has 0 spiro atoms. The van der Waals surface area contributed by atoms with Crippen LogP contribution in [0.15, 0.2) is 9.85 Å². The summed E-state index contributed by atoms with van der Waals surface area (Å²) in [4.78, 5) is 12.7. The van der Waals surface area contributed by atoms with Crippen LogP contribution in [0.2, 0.25) is 5.02 Å². The number of ether oxygens (including phenoxy) is 1. The van der Waals surface area contributed by atoms with Crippen LogP contribution < -0.4 is 0 Å². The molecule has 2 rings (SSSR count). The molecule has 82 valence electrons. The Kier molecular flexibility index (Phi) is 3.50. The molecule has 1 aromatic heterocycles. The summed E-state index contributed by atoms with van der Waals surface area (Å²) in [5.41, 5.74) is 0. The Bertz CT molecular complexity index is 371. The Morgan fingerprint density at radius 3 is 2.93 bits per heavy atom. The summed E-state index contributed by atoms with van der Waals surface area (Å²) >= 11 is 10.6. The Morgan fingerprint density at radius 2 is 2.47 bits per heavy atom. The van der Waals surface area contributed by atoms with E-state index in [1.807, 2.05) is 6.92 Å². The summed E-state index contributed by atoms with van der Waals surface area (Å²) in [6, 6.07) is 1.72. The van der Waals surface area contributed by atoms with E-state index >= 15 is 0 Å². The van der Waals surface area contributed by atoms with Crippen LogP contribution in [0.25, 0.3) is 0 Å². The minimum atomic E-state index is 0.00150. The van der Waals surface area contributed by atoms with E-state index < -0.39 is 0 Å². The number of hydrogen-bond donors (Lipinski definition) is 0. The maximum Gasteiger partial charge on any atom is 0.178 e. The fraction of sp³-hybridized carbons (Fsp3) is 0.500. The first-order chi connectivity index (χ1) is 7.08. The lowest BCUT2D eigenvalue weighted by molar-refractivity contribution is 0.0881. The van der Waals surface area contributed by atoms with Gasteiger partial charge in [-0.05, 0) is 35.3 Å². The van der Waals surface area contributed by atoms with Gasteiger partial charge in [-0.2, -0.15) is 0 Å². The number of hydrogen-bond acceptors (Lipinski definition) is 3. The number of carbonyl (C=O) groups excluding carboxylic acids is 1. The van der Waals surface area contributed by atoms with Gasteiger partial charge >= 0.3 is 0 Å². The number of ketones is 1. The molecule has 0 aliphatic carbocycles. The molecule has 2 atom stereocenters. The van der Waals surface area contributed by atoms with Crippen molar-refractivity contribution in [1.82, 2.24) is 0 Å². The number of rotatable bonds is 2. The fourth-order valence-electron chi connectivity index (χ4n) is 1.67. The van der Waals surface area contributed by atoms with E-state index in [4.69, 9.17) is 16.3 Å². The standard InChI is InChI=1S/C10H10BrClO2S/c1-5-2-6(4-14-5)9(13)8-3-7(12)10(11)15-8/h3,5-6H,2,4H2,1H3. The molecule has 2 nitrogen and oxygen atoms in total. The van der Waals surface area contributed by atoms with Gasteiger partial charge in [-0.15, -0.1) is 11.3 Å². The molecule has 0 amide bonds. The van der Waals surface area contributed by atoms with Gasteiger partial charge in [0.1, 0.15) is 0 Å². The highest BCUT2D eigenvalue weighted by atomic mass is 79.9. The molecule has 1 saturated heterocycles. The van der Waals surface area contributed by atoms with Crippen LogP contribution in [0, 0.1) is 5.92 Å². The van der Waals surface area contributed by atoms with Crippen molar-refractivity contribution < 1.29 is 9.53 Å². The zero-order valence-corrected chi connectivity index (χ0v) is 11.3. The van der Waals surface area contributed by atoms with Crippen LogP contribution in [0.1, 0.15) is 23.0 Å². The van der Waals surface area contributed by atoms with Crippen molar-refractivity contribution >= 4 is 44.7 Å². The fourth-order valence-corrected chi connectivity index (χ4v) is 3.39. The predicted molar refractivity (Wildman–Crippen MR) is 64.9 cm³/mol. The first kappa shape index (κ1) is 11.6. The van der Waals surface area contributed by atoms with Gasteiger partial charge in [0.2, 0.25) is 0 Å². The van der Waals surface area contributed by atoms with Crippen molar-refractivity contribution in [2.45, 2.75) is 19.4 Å². The van der Waals surface area contributed by atoms with Crippen molar-refractivity contribution in [2.24, 2.45) is 5.92 Å². The zero-order valence-electron chi connectivity index (χ0n) is 8.13. The first-order valence-corrected chi connectivity index (χ1v) is 6.67. The van der Waals surface area contributed by atoms with Gasteiger partial charge in [0.25, 0.3) is 0 Å². The third kappa shape index (κ3) is 2.44. The third-order valence-electron chi connectivity index (χ3n) is 2.46. The van der Waals surface area contributed by atoms with Gasteiger partial charge < -0.3 is 4.74 Å². The van der Waals surface area contributed by atoms with E-state index in [0.717, 1.165) is 15.1 Å². The summed E-state index contributed by atoms with van der Waals surface area (Å²) in [5, 5.41) is 0.607. The summed E-state index contributed by atoms with van der Waals surface area (Å²) in [6.45, 7) is 2.53. The van der Waals surface area contributed by atoms with E-state index in [-0.39, 0.29) is 17.8 Å². The third-order valence-corrected chi connectivity index (χ3v) is 4.95. The molecule has 5 heteroatoms. The molecule has 0 saturated carbocycles. The van der Waals surface area contributed by atoms with Crippen LogP contribution in [0.4, 0.5) is 0 Å². The van der Waals surface area contributed by atoms with Crippen LogP contribution in [-0.2, 0) is 4.74 Å². The van der Waals surface area contributed by atoms with Crippen molar-refractivity contribution in [3.63, 3.8) is 0 Å². The van der Waals surface area contributed by atoms with E-state index in [9.17, 15) is 4.79 Å². The average molecular weight is 310 g/mol. The zero-order chi connectivity index (χ0) is 11.0. The maximum atomic E-state index is 12.0. The Morgan fingerprint density at radius 1 is 1.73 bits per heavy atom. The molecule has 1 aliphatic heterocycles. The summed E-state index contributed by atoms with van der Waals surface area (Å²) in [6.07, 6.45) is 1.00. The van der Waals surface area contributed by atoms with E-state index in [2.05, 4.69) is 15.9 Å². The smallest absolute Gasteiger partial charge is 0.178 e. The summed E-state index contributed by atoms with van der Waals surface area (Å²) < 4.78 is 6.20. The molecule has 2 unspecified atom stereocenters. The normalized spacial score (nSPS) is 25.8. The van der Waals surface area contributed by atoms with Gasteiger partial charge in [-0.25, -0.2) is 0 Å². The van der Waals surface area contributed by atoms with Crippen molar-refractivity contribution in [1.29, 1.82) is 0 Å². The second-order valence-corrected chi connectivity index (χ2v) is 6.45. The molecule has 2 heterocycles. The molecular weight excluding hydrogens is 300 g/mol. The maximum absolute atomic E-state index is 12.0. The molecule has 0 radical (unpaired) electrons.